The summed E-state index contributed by atoms with van der Waals surface area (Å²) in [7, 11) is 0. The molecule has 20 heavy (non-hydrogen) atoms. The molecule has 1 heterocycles. The van der Waals surface area contributed by atoms with E-state index in [0.29, 0.717) is 5.56 Å². The molecule has 4 nitrogen and oxygen atoms in total. The highest BCUT2D eigenvalue weighted by Crippen LogP contribution is 2.28. The summed E-state index contributed by atoms with van der Waals surface area (Å²) in [5, 5.41) is 12.0. The van der Waals surface area contributed by atoms with E-state index in [1.807, 2.05) is 36.4 Å². The molecule has 0 amide bonds. The summed E-state index contributed by atoms with van der Waals surface area (Å²) in [5.41, 5.74) is 3.52. The van der Waals surface area contributed by atoms with Crippen LogP contribution in [0.4, 0.5) is 5.69 Å². The van der Waals surface area contributed by atoms with Gasteiger partial charge in [0, 0.05) is 23.2 Å². The van der Waals surface area contributed by atoms with Crippen LogP contribution >= 0.6 is 0 Å². The van der Waals surface area contributed by atoms with Crippen LogP contribution < -0.4 is 0 Å². The Hall–Kier alpha value is -2.75. The zero-order valence-electron chi connectivity index (χ0n) is 10.9. The second kappa shape index (κ2) is 4.74. The Kier molecular flexibility index (Phi) is 2.91. The fraction of sp³-hybridized carbons (Fsp3) is 0.0625. The molecule has 2 aromatic carbocycles. The van der Waals surface area contributed by atoms with Gasteiger partial charge in [0.05, 0.1) is 10.4 Å². The van der Waals surface area contributed by atoms with Crippen LogP contribution in [0.5, 0.6) is 0 Å². The van der Waals surface area contributed by atoms with Crippen LogP contribution in [0.25, 0.3) is 22.0 Å². The molecule has 0 spiro atoms. The molecule has 1 aromatic heterocycles. The molecule has 0 N–H and O–H groups in total. The lowest BCUT2D eigenvalue weighted by Crippen LogP contribution is -1.92. The first-order valence-corrected chi connectivity index (χ1v) is 6.25. The molecule has 0 atom stereocenters. The third-order valence-electron chi connectivity index (χ3n) is 3.34. The van der Waals surface area contributed by atoms with Gasteiger partial charge < -0.3 is 0 Å². The number of nitrogens with zero attached hydrogens (tertiary/aromatic N) is 2. The highest BCUT2D eigenvalue weighted by molar-refractivity contribution is 5.84. The minimum absolute atomic E-state index is 0.147. The lowest BCUT2D eigenvalue weighted by Gasteiger charge is -2.05. The van der Waals surface area contributed by atoms with Gasteiger partial charge in [0.2, 0.25) is 0 Å². The van der Waals surface area contributed by atoms with Gasteiger partial charge in [-0.3, -0.25) is 15.1 Å². The van der Waals surface area contributed by atoms with Crippen LogP contribution in [-0.4, -0.2) is 9.91 Å². The van der Waals surface area contributed by atoms with Crippen LogP contribution in [0, 0.1) is 17.0 Å². The number of nitro benzene ring substituents is 1. The summed E-state index contributed by atoms with van der Waals surface area (Å²) >= 11 is 0. The molecule has 0 saturated heterocycles. The van der Waals surface area contributed by atoms with Gasteiger partial charge in [-0.15, -0.1) is 0 Å². The number of hydrogen-bond acceptors (Lipinski definition) is 3. The monoisotopic (exact) mass is 264 g/mol. The molecule has 0 radical (unpaired) electrons. The first kappa shape index (κ1) is 12.3. The van der Waals surface area contributed by atoms with Crippen molar-refractivity contribution in [2.75, 3.05) is 0 Å². The van der Waals surface area contributed by atoms with Crippen molar-refractivity contribution in [2.45, 2.75) is 6.92 Å². The fourth-order valence-electron chi connectivity index (χ4n) is 2.24. The summed E-state index contributed by atoms with van der Waals surface area (Å²) in [6, 6.07) is 15.0. The molecule has 3 rings (SSSR count). The normalized spacial score (nSPS) is 10.7. The largest absolute Gasteiger partial charge is 0.272 e. The van der Waals surface area contributed by atoms with Crippen molar-refractivity contribution in [1.82, 2.24) is 4.98 Å². The van der Waals surface area contributed by atoms with E-state index in [1.54, 1.807) is 25.3 Å². The predicted molar refractivity (Wildman–Crippen MR) is 78.6 cm³/mol. The van der Waals surface area contributed by atoms with Gasteiger partial charge in [-0.2, -0.15) is 0 Å². The van der Waals surface area contributed by atoms with Crippen LogP contribution in [0.15, 0.2) is 54.7 Å². The second-order valence-corrected chi connectivity index (χ2v) is 4.67. The summed E-state index contributed by atoms with van der Waals surface area (Å²) in [6.45, 7) is 1.74. The van der Waals surface area contributed by atoms with Crippen molar-refractivity contribution in [1.29, 1.82) is 0 Å². The van der Waals surface area contributed by atoms with Gasteiger partial charge in [-0.05, 0) is 36.2 Å². The van der Waals surface area contributed by atoms with Crippen LogP contribution in [0.3, 0.4) is 0 Å². The van der Waals surface area contributed by atoms with Crippen molar-refractivity contribution >= 4 is 16.6 Å². The minimum Gasteiger partial charge on any atom is -0.258 e. The first-order valence-electron chi connectivity index (χ1n) is 6.25. The van der Waals surface area contributed by atoms with Crippen molar-refractivity contribution in [3.8, 4) is 11.1 Å². The fourth-order valence-corrected chi connectivity index (χ4v) is 2.24. The Bertz CT molecular complexity index is 812. The van der Waals surface area contributed by atoms with Gasteiger partial charge in [0.25, 0.3) is 5.69 Å². The second-order valence-electron chi connectivity index (χ2n) is 4.67. The molecule has 0 fully saturated rings. The topological polar surface area (TPSA) is 56.0 Å². The molecular formula is C16H12N2O2. The molecule has 0 unspecified atom stereocenters. The SMILES string of the molecule is Cc1ccc(-c2ccc3ncccc3c2)cc1[N+](=O)[O-]. The minimum atomic E-state index is -0.346. The maximum Gasteiger partial charge on any atom is 0.272 e. The number of rotatable bonds is 2. The van der Waals surface area contributed by atoms with Gasteiger partial charge >= 0.3 is 0 Å². The summed E-state index contributed by atoms with van der Waals surface area (Å²) in [6.07, 6.45) is 1.75. The van der Waals surface area contributed by atoms with Gasteiger partial charge in [0.15, 0.2) is 0 Å². The predicted octanol–water partition coefficient (Wildman–Crippen LogP) is 4.12. The van der Waals surface area contributed by atoms with Gasteiger partial charge in [-0.25, -0.2) is 0 Å². The quantitative estimate of drug-likeness (QED) is 0.516. The molecule has 98 valence electrons. The third-order valence-corrected chi connectivity index (χ3v) is 3.34. The number of benzene rings is 2. The molecule has 0 bridgehead atoms. The van der Waals surface area contributed by atoms with Crippen molar-refractivity contribution < 1.29 is 4.92 Å². The third kappa shape index (κ3) is 2.12. The van der Waals surface area contributed by atoms with E-state index in [2.05, 4.69) is 4.98 Å². The zero-order valence-corrected chi connectivity index (χ0v) is 10.9. The Morgan fingerprint density at radius 3 is 2.60 bits per heavy atom. The van der Waals surface area contributed by atoms with E-state index in [9.17, 15) is 10.1 Å². The van der Waals surface area contributed by atoms with E-state index < -0.39 is 0 Å². The number of nitro groups is 1. The molecule has 4 heteroatoms. The zero-order chi connectivity index (χ0) is 14.1. The summed E-state index contributed by atoms with van der Waals surface area (Å²) in [4.78, 5) is 14.9. The average molecular weight is 264 g/mol. The average Bonchev–Trinajstić information content (AvgIpc) is 2.47. The standard InChI is InChI=1S/C16H12N2O2/c1-11-4-5-13(10-16(11)18(19)20)12-6-7-15-14(9-12)3-2-8-17-15/h2-10H,1H3. The van der Waals surface area contributed by atoms with Crippen molar-refractivity contribution in [2.24, 2.45) is 0 Å². The molecular weight excluding hydrogens is 252 g/mol. The smallest absolute Gasteiger partial charge is 0.258 e. The number of aromatic nitrogens is 1. The molecule has 0 saturated carbocycles. The molecule has 3 aromatic rings. The van der Waals surface area contributed by atoms with Crippen LogP contribution in [0.1, 0.15) is 5.56 Å². The highest BCUT2D eigenvalue weighted by atomic mass is 16.6. The number of aryl methyl sites for hydroxylation is 1. The maximum atomic E-state index is 11.0. The molecule has 0 aliphatic carbocycles. The number of pyridine rings is 1. The Labute approximate surface area is 115 Å². The first-order chi connectivity index (χ1) is 9.65. The number of fused-ring (bicyclic) bond motifs is 1. The van der Waals surface area contributed by atoms with Gasteiger partial charge in [-0.1, -0.05) is 24.3 Å². The van der Waals surface area contributed by atoms with E-state index in [4.69, 9.17) is 0 Å². The van der Waals surface area contributed by atoms with E-state index in [-0.39, 0.29) is 10.6 Å². The Morgan fingerprint density at radius 2 is 1.80 bits per heavy atom. The molecule has 0 aliphatic rings. The Morgan fingerprint density at radius 1 is 1.05 bits per heavy atom. The lowest BCUT2D eigenvalue weighted by molar-refractivity contribution is -0.385. The van der Waals surface area contributed by atoms with E-state index in [0.717, 1.165) is 22.0 Å². The Balaban J connectivity index is 2.15. The summed E-state index contributed by atoms with van der Waals surface area (Å²) < 4.78 is 0. The van der Waals surface area contributed by atoms with Crippen molar-refractivity contribution in [3.63, 3.8) is 0 Å². The van der Waals surface area contributed by atoms with Crippen molar-refractivity contribution in [3.05, 3.63) is 70.4 Å². The van der Waals surface area contributed by atoms with E-state index >= 15 is 0 Å². The molecule has 0 aliphatic heterocycles. The maximum absolute atomic E-state index is 11.0. The number of hydrogen-bond donors (Lipinski definition) is 0. The van der Waals surface area contributed by atoms with Crippen LogP contribution in [-0.2, 0) is 0 Å². The summed E-state index contributed by atoms with van der Waals surface area (Å²) in [5.74, 6) is 0. The van der Waals surface area contributed by atoms with E-state index in [1.165, 1.54) is 0 Å². The highest BCUT2D eigenvalue weighted by Gasteiger charge is 2.12. The van der Waals surface area contributed by atoms with Crippen LogP contribution in [0.2, 0.25) is 0 Å². The lowest BCUT2D eigenvalue weighted by atomic mass is 10.0. The van der Waals surface area contributed by atoms with Gasteiger partial charge in [0.1, 0.15) is 0 Å².